The number of imidazole rings is 2. The second-order valence-corrected chi connectivity index (χ2v) is 6.25. The van der Waals surface area contributed by atoms with Gasteiger partial charge in [0.15, 0.2) is 11.6 Å². The maximum absolute atomic E-state index is 4.84. The molecule has 5 rings (SSSR count). The summed E-state index contributed by atoms with van der Waals surface area (Å²) in [6.45, 7) is 3.94. The molecular formula is C20H16N6. The van der Waals surface area contributed by atoms with Crippen LogP contribution in [0.25, 0.3) is 33.7 Å². The van der Waals surface area contributed by atoms with E-state index >= 15 is 0 Å². The van der Waals surface area contributed by atoms with Crippen molar-refractivity contribution in [2.45, 2.75) is 13.8 Å². The average Bonchev–Trinajstić information content (AvgIpc) is 3.27. The van der Waals surface area contributed by atoms with Crippen LogP contribution >= 0.6 is 0 Å². The van der Waals surface area contributed by atoms with Crippen molar-refractivity contribution < 1.29 is 0 Å². The predicted molar refractivity (Wildman–Crippen MR) is 101 cm³/mol. The quantitative estimate of drug-likeness (QED) is 0.491. The lowest BCUT2D eigenvalue weighted by Crippen LogP contribution is -2.09. The highest BCUT2D eigenvalue weighted by molar-refractivity contribution is 5.78. The number of aryl methyl sites for hydroxylation is 2. The van der Waals surface area contributed by atoms with E-state index in [9.17, 15) is 0 Å². The molecule has 0 fully saturated rings. The molecule has 0 atom stereocenters. The molecule has 0 unspecified atom stereocenters. The van der Waals surface area contributed by atoms with Crippen molar-refractivity contribution in [1.82, 2.24) is 29.1 Å². The number of hydrogen-bond donors (Lipinski definition) is 0. The van der Waals surface area contributed by atoms with Crippen LogP contribution in [-0.4, -0.2) is 29.1 Å². The molecule has 0 bridgehead atoms. The van der Waals surface area contributed by atoms with E-state index in [0.29, 0.717) is 0 Å². The summed E-state index contributed by atoms with van der Waals surface area (Å²) in [7, 11) is 0. The first-order chi connectivity index (χ1) is 12.7. The third-order valence-corrected chi connectivity index (χ3v) is 4.56. The van der Waals surface area contributed by atoms with Crippen LogP contribution in [0, 0.1) is 13.8 Å². The van der Waals surface area contributed by atoms with Crippen LogP contribution in [0.15, 0.2) is 61.2 Å². The van der Waals surface area contributed by atoms with Gasteiger partial charge in [-0.1, -0.05) is 24.3 Å². The van der Waals surface area contributed by atoms with Crippen molar-refractivity contribution in [3.63, 3.8) is 0 Å². The topological polar surface area (TPSA) is 61.4 Å². The molecule has 0 spiro atoms. The Morgan fingerprint density at radius 2 is 1.04 bits per heavy atom. The summed E-state index contributed by atoms with van der Waals surface area (Å²) in [5, 5.41) is 0. The fourth-order valence-corrected chi connectivity index (χ4v) is 3.29. The first-order valence-corrected chi connectivity index (χ1v) is 8.42. The summed E-state index contributed by atoms with van der Waals surface area (Å²) in [6.07, 6.45) is 3.60. The Kier molecular flexibility index (Phi) is 3.12. The highest BCUT2D eigenvalue weighted by Gasteiger charge is 2.15. The van der Waals surface area contributed by atoms with Crippen molar-refractivity contribution >= 4 is 22.1 Å². The number of benzene rings is 2. The largest absolute Gasteiger partial charge is 0.281 e. The van der Waals surface area contributed by atoms with Crippen LogP contribution in [0.4, 0.5) is 0 Å². The summed E-state index contributed by atoms with van der Waals surface area (Å²) < 4.78 is 3.97. The van der Waals surface area contributed by atoms with Gasteiger partial charge in [-0.2, -0.15) is 0 Å². The molecule has 26 heavy (non-hydrogen) atoms. The molecule has 0 radical (unpaired) electrons. The molecule has 6 nitrogen and oxygen atoms in total. The highest BCUT2D eigenvalue weighted by Crippen LogP contribution is 2.23. The van der Waals surface area contributed by atoms with Crippen LogP contribution in [0.2, 0.25) is 0 Å². The SMILES string of the molecule is Cc1nc(-n2cnc3ccccc32)c(C)nc1-n1cnc2ccccc21. The van der Waals surface area contributed by atoms with Gasteiger partial charge in [-0.15, -0.1) is 0 Å². The monoisotopic (exact) mass is 340 g/mol. The van der Waals surface area contributed by atoms with Crippen LogP contribution < -0.4 is 0 Å². The molecule has 0 saturated carbocycles. The van der Waals surface area contributed by atoms with Gasteiger partial charge in [-0.05, 0) is 38.1 Å². The summed E-state index contributed by atoms with van der Waals surface area (Å²) in [6, 6.07) is 16.0. The minimum absolute atomic E-state index is 0.796. The highest BCUT2D eigenvalue weighted by atomic mass is 15.2. The number of hydrogen-bond acceptors (Lipinski definition) is 4. The fourth-order valence-electron chi connectivity index (χ4n) is 3.29. The molecule has 6 heteroatoms. The third kappa shape index (κ3) is 2.12. The number of para-hydroxylation sites is 4. The Labute approximate surface area is 149 Å². The van der Waals surface area contributed by atoms with Crippen molar-refractivity contribution in [3.05, 3.63) is 72.6 Å². The number of aromatic nitrogens is 6. The van der Waals surface area contributed by atoms with Gasteiger partial charge in [0.1, 0.15) is 12.7 Å². The Bertz CT molecular complexity index is 1160. The average molecular weight is 340 g/mol. The molecule has 0 aliphatic rings. The number of rotatable bonds is 2. The maximum Gasteiger partial charge on any atom is 0.160 e. The van der Waals surface area contributed by atoms with Gasteiger partial charge in [0.2, 0.25) is 0 Å². The molecule has 0 aliphatic carbocycles. The molecule has 5 aromatic rings. The second-order valence-electron chi connectivity index (χ2n) is 6.25. The Morgan fingerprint density at radius 3 is 1.50 bits per heavy atom. The van der Waals surface area contributed by atoms with Gasteiger partial charge in [-0.25, -0.2) is 19.9 Å². The van der Waals surface area contributed by atoms with E-state index in [1.165, 1.54) is 0 Å². The van der Waals surface area contributed by atoms with E-state index in [1.807, 2.05) is 71.5 Å². The van der Waals surface area contributed by atoms with Gasteiger partial charge >= 0.3 is 0 Å². The normalized spacial score (nSPS) is 11.5. The molecule has 3 heterocycles. The van der Waals surface area contributed by atoms with Gasteiger partial charge in [0.05, 0.1) is 33.5 Å². The van der Waals surface area contributed by atoms with Crippen molar-refractivity contribution in [2.24, 2.45) is 0 Å². The zero-order chi connectivity index (χ0) is 17.7. The standard InChI is InChI=1S/C20H16N6/c1-13-19(25-11-21-15-7-3-5-9-17(15)25)24-14(2)20(23-13)26-12-22-16-8-4-6-10-18(16)26/h3-12H,1-2H3. The van der Waals surface area contributed by atoms with E-state index in [0.717, 1.165) is 45.1 Å². The lowest BCUT2D eigenvalue weighted by atomic mass is 10.3. The van der Waals surface area contributed by atoms with Crippen LogP contribution in [0.3, 0.4) is 0 Å². The number of nitrogens with zero attached hydrogens (tertiary/aromatic N) is 6. The van der Waals surface area contributed by atoms with Crippen LogP contribution in [0.1, 0.15) is 11.4 Å². The first kappa shape index (κ1) is 14.8. The molecule has 0 amide bonds. The molecule has 0 saturated heterocycles. The first-order valence-electron chi connectivity index (χ1n) is 8.42. The lowest BCUT2D eigenvalue weighted by molar-refractivity contribution is 0.891. The minimum atomic E-state index is 0.796. The van der Waals surface area contributed by atoms with Crippen LogP contribution in [-0.2, 0) is 0 Å². The summed E-state index contributed by atoms with van der Waals surface area (Å²) >= 11 is 0. The van der Waals surface area contributed by atoms with E-state index < -0.39 is 0 Å². The van der Waals surface area contributed by atoms with Gasteiger partial charge in [0, 0.05) is 0 Å². The Morgan fingerprint density at radius 1 is 0.615 bits per heavy atom. The Balaban J connectivity index is 1.71. The molecule has 3 aromatic heterocycles. The van der Waals surface area contributed by atoms with Gasteiger partial charge < -0.3 is 0 Å². The van der Waals surface area contributed by atoms with E-state index in [4.69, 9.17) is 9.97 Å². The fraction of sp³-hybridized carbons (Fsp3) is 0.100. The third-order valence-electron chi connectivity index (χ3n) is 4.56. The second kappa shape index (κ2) is 5.49. The number of fused-ring (bicyclic) bond motifs is 2. The van der Waals surface area contributed by atoms with Crippen molar-refractivity contribution in [3.8, 4) is 11.6 Å². The van der Waals surface area contributed by atoms with Crippen molar-refractivity contribution in [2.75, 3.05) is 0 Å². The predicted octanol–water partition coefficient (Wildman–Crippen LogP) is 3.77. The van der Waals surface area contributed by atoms with E-state index in [1.54, 1.807) is 12.7 Å². The van der Waals surface area contributed by atoms with Crippen molar-refractivity contribution in [1.29, 1.82) is 0 Å². The van der Waals surface area contributed by atoms with Gasteiger partial charge in [-0.3, -0.25) is 9.13 Å². The summed E-state index contributed by atoms with van der Waals surface area (Å²) in [5.41, 5.74) is 5.60. The lowest BCUT2D eigenvalue weighted by Gasteiger charge is -2.12. The van der Waals surface area contributed by atoms with E-state index in [-0.39, 0.29) is 0 Å². The molecule has 0 N–H and O–H groups in total. The smallest absolute Gasteiger partial charge is 0.160 e. The zero-order valence-electron chi connectivity index (χ0n) is 14.5. The summed E-state index contributed by atoms with van der Waals surface area (Å²) in [5.74, 6) is 1.59. The van der Waals surface area contributed by atoms with Gasteiger partial charge in [0.25, 0.3) is 0 Å². The maximum atomic E-state index is 4.84. The molecule has 126 valence electrons. The zero-order valence-corrected chi connectivity index (χ0v) is 14.5. The molecular weight excluding hydrogens is 324 g/mol. The Hall–Kier alpha value is -3.54. The molecule has 2 aromatic carbocycles. The van der Waals surface area contributed by atoms with E-state index in [2.05, 4.69) is 9.97 Å². The van der Waals surface area contributed by atoms with Crippen LogP contribution in [0.5, 0.6) is 0 Å². The summed E-state index contributed by atoms with van der Waals surface area (Å²) in [4.78, 5) is 18.6. The molecule has 0 aliphatic heterocycles. The minimum Gasteiger partial charge on any atom is -0.281 e.